The number of aryl methyl sites for hydroxylation is 3. The first-order chi connectivity index (χ1) is 19.9. The van der Waals surface area contributed by atoms with E-state index in [1.54, 1.807) is 6.07 Å². The number of esters is 1. The van der Waals surface area contributed by atoms with Crippen molar-refractivity contribution in [2.45, 2.75) is 82.6 Å². The van der Waals surface area contributed by atoms with Crippen LogP contribution >= 0.6 is 22.7 Å². The molecule has 1 N–H and O–H groups in total. The lowest BCUT2D eigenvalue weighted by molar-refractivity contribution is -0.169. The first-order valence-corrected chi connectivity index (χ1v) is 16.2. The van der Waals surface area contributed by atoms with Gasteiger partial charge in [0, 0.05) is 23.0 Å². The quantitative estimate of drug-likeness (QED) is 0.198. The molecule has 0 amide bonds. The molecule has 2 aliphatic rings. The first-order valence-electron chi connectivity index (χ1n) is 14.5. The second-order valence-electron chi connectivity index (χ2n) is 11.3. The van der Waals surface area contributed by atoms with Gasteiger partial charge in [-0.25, -0.2) is 9.48 Å². The van der Waals surface area contributed by atoms with Crippen LogP contribution in [-0.2, 0) is 34.5 Å². The lowest BCUT2D eigenvalue weighted by atomic mass is 9.91. The van der Waals surface area contributed by atoms with Crippen LogP contribution in [0.2, 0.25) is 0 Å². The van der Waals surface area contributed by atoms with Gasteiger partial charge in [0.15, 0.2) is 0 Å². The molecule has 0 spiro atoms. The summed E-state index contributed by atoms with van der Waals surface area (Å²) in [6.07, 6.45) is 8.15. The molecule has 216 valence electrons. The minimum atomic E-state index is -1.76. The zero-order valence-corrected chi connectivity index (χ0v) is 25.2. The van der Waals surface area contributed by atoms with Crippen LogP contribution in [0.4, 0.5) is 0 Å². The van der Waals surface area contributed by atoms with Gasteiger partial charge in [-0.05, 0) is 113 Å². The monoisotopic (exact) mass is 592 g/mol. The molecule has 10 heteroatoms. The number of aromatic nitrogens is 3. The lowest BCUT2D eigenvalue weighted by Gasteiger charge is -2.35. The fourth-order valence-electron chi connectivity index (χ4n) is 6.48. The van der Waals surface area contributed by atoms with Crippen molar-refractivity contribution < 1.29 is 19.4 Å². The Kier molecular flexibility index (Phi) is 8.09. The van der Waals surface area contributed by atoms with Crippen LogP contribution in [0, 0.1) is 6.92 Å². The number of thiophene rings is 2. The summed E-state index contributed by atoms with van der Waals surface area (Å²) >= 11 is 2.79. The number of rotatable bonds is 10. The molecule has 1 fully saturated rings. The van der Waals surface area contributed by atoms with Crippen molar-refractivity contribution in [3.63, 3.8) is 0 Å². The normalized spacial score (nSPS) is 20.3. The van der Waals surface area contributed by atoms with E-state index in [9.17, 15) is 14.7 Å². The maximum Gasteiger partial charge on any atom is 0.349 e. The Hall–Kier alpha value is -2.92. The predicted octanol–water partition coefficient (Wildman–Crippen LogP) is 5.28. The average molecular weight is 593 g/mol. The van der Waals surface area contributed by atoms with Crippen LogP contribution in [-0.4, -0.2) is 63.0 Å². The summed E-state index contributed by atoms with van der Waals surface area (Å²) in [4.78, 5) is 29.6. The third-order valence-electron chi connectivity index (χ3n) is 8.72. The highest BCUT2D eigenvalue weighted by atomic mass is 32.1. The topological polar surface area (TPSA) is 97.6 Å². The van der Waals surface area contributed by atoms with Crippen molar-refractivity contribution in [2.75, 3.05) is 13.6 Å². The maximum atomic E-state index is 13.4. The van der Waals surface area contributed by atoms with Crippen molar-refractivity contribution in [1.29, 1.82) is 0 Å². The van der Waals surface area contributed by atoms with E-state index in [0.29, 0.717) is 15.8 Å². The summed E-state index contributed by atoms with van der Waals surface area (Å²) in [7, 11) is 2.17. The van der Waals surface area contributed by atoms with E-state index in [2.05, 4.69) is 22.3 Å². The lowest BCUT2D eigenvalue weighted by Crippen LogP contribution is -2.42. The highest BCUT2D eigenvalue weighted by molar-refractivity contribution is 7.13. The number of hydrogen-bond donors (Lipinski definition) is 1. The van der Waals surface area contributed by atoms with Crippen molar-refractivity contribution in [3.8, 4) is 0 Å². The van der Waals surface area contributed by atoms with Crippen LogP contribution in [0.15, 0.2) is 35.7 Å². The molecule has 0 aliphatic heterocycles. The minimum absolute atomic E-state index is 0.195. The maximum absolute atomic E-state index is 13.4. The third-order valence-corrected chi connectivity index (χ3v) is 10.8. The standard InChI is InChI=1S/C31H36N4O4S2/c1-20-9-14-28(41-20)31(38,27-8-4-17-40-27)30(37)39-23-12-10-22(11-13-23)34(2)15-5-16-35-29-25-7-3-6-24(25)21(19-36)18-26(29)32-33-35/h4,8-9,14,17-19,22-23,38H,3,5-7,10-13,15-16H2,1-2H3/t22?,23?,31-/m0/s1. The van der Waals surface area contributed by atoms with E-state index < -0.39 is 11.6 Å². The third kappa shape index (κ3) is 5.38. The minimum Gasteiger partial charge on any atom is -0.460 e. The number of hydrogen-bond acceptors (Lipinski definition) is 9. The van der Waals surface area contributed by atoms with E-state index in [0.717, 1.165) is 92.2 Å². The molecule has 0 bridgehead atoms. The predicted molar refractivity (Wildman–Crippen MR) is 161 cm³/mol. The fraction of sp³-hybridized carbons (Fsp3) is 0.484. The largest absolute Gasteiger partial charge is 0.460 e. The number of benzene rings is 1. The van der Waals surface area contributed by atoms with Crippen LogP contribution in [0.25, 0.3) is 11.0 Å². The number of ether oxygens (including phenoxy) is 1. The number of nitrogens with zero attached hydrogens (tertiary/aromatic N) is 4. The fourth-order valence-corrected chi connectivity index (χ4v) is 8.33. The van der Waals surface area contributed by atoms with Crippen molar-refractivity contribution >= 4 is 46.0 Å². The van der Waals surface area contributed by atoms with Crippen LogP contribution in [0.5, 0.6) is 0 Å². The summed E-state index contributed by atoms with van der Waals surface area (Å²) in [5.41, 5.74) is 3.32. The Morgan fingerprint density at radius 2 is 2.00 bits per heavy atom. The Bertz CT molecular complexity index is 1540. The van der Waals surface area contributed by atoms with Gasteiger partial charge in [0.1, 0.15) is 17.9 Å². The van der Waals surface area contributed by atoms with E-state index >= 15 is 0 Å². The Labute approximate surface area is 247 Å². The van der Waals surface area contributed by atoms with E-state index in [-0.39, 0.29) is 6.10 Å². The first kappa shape index (κ1) is 28.2. The SMILES string of the molecule is Cc1ccc([C@](O)(C(=O)OC2CCC(N(C)CCCn3nnc4cc(C=O)c5c(c43)CCC5)CC2)c2cccs2)s1. The Morgan fingerprint density at radius 3 is 2.71 bits per heavy atom. The molecule has 8 nitrogen and oxygen atoms in total. The average Bonchev–Trinajstić information content (AvgIpc) is 3.79. The smallest absolute Gasteiger partial charge is 0.349 e. The highest BCUT2D eigenvalue weighted by Crippen LogP contribution is 2.39. The molecule has 1 saturated carbocycles. The van der Waals surface area contributed by atoms with Crippen LogP contribution < -0.4 is 0 Å². The van der Waals surface area contributed by atoms with E-state index in [4.69, 9.17) is 4.74 Å². The molecule has 4 aromatic rings. The van der Waals surface area contributed by atoms with Gasteiger partial charge in [-0.1, -0.05) is 11.3 Å². The summed E-state index contributed by atoms with van der Waals surface area (Å²) in [5, 5.41) is 22.3. The van der Waals surface area contributed by atoms with Gasteiger partial charge in [-0.15, -0.1) is 27.8 Å². The summed E-state index contributed by atoms with van der Waals surface area (Å²) in [6, 6.07) is 9.70. The molecule has 0 unspecified atom stereocenters. The molecule has 3 heterocycles. The molecule has 1 aromatic carbocycles. The van der Waals surface area contributed by atoms with Gasteiger partial charge in [-0.2, -0.15) is 0 Å². The van der Waals surface area contributed by atoms with E-state index in [1.165, 1.54) is 33.8 Å². The van der Waals surface area contributed by atoms with E-state index in [1.807, 2.05) is 41.3 Å². The second-order valence-corrected chi connectivity index (χ2v) is 13.6. The molecule has 41 heavy (non-hydrogen) atoms. The van der Waals surface area contributed by atoms with Crippen LogP contribution in [0.3, 0.4) is 0 Å². The van der Waals surface area contributed by atoms with Gasteiger partial charge >= 0.3 is 5.97 Å². The van der Waals surface area contributed by atoms with Gasteiger partial charge in [0.05, 0.1) is 15.3 Å². The van der Waals surface area contributed by atoms with Gasteiger partial charge in [0.2, 0.25) is 5.60 Å². The molecule has 0 radical (unpaired) electrons. The molecule has 0 saturated heterocycles. The van der Waals surface area contributed by atoms with Gasteiger partial charge in [0.25, 0.3) is 0 Å². The summed E-state index contributed by atoms with van der Waals surface area (Å²) in [6.45, 7) is 3.68. The number of aliphatic hydroxyl groups is 1. The van der Waals surface area contributed by atoms with Crippen molar-refractivity contribution in [3.05, 3.63) is 67.0 Å². The second kappa shape index (κ2) is 11.8. The van der Waals surface area contributed by atoms with Crippen LogP contribution in [0.1, 0.15) is 74.6 Å². The molecule has 6 rings (SSSR count). The Balaban J connectivity index is 1.03. The Morgan fingerprint density at radius 1 is 1.20 bits per heavy atom. The number of carbonyl (C=O) groups is 2. The van der Waals surface area contributed by atoms with Gasteiger partial charge in [-0.3, -0.25) is 4.79 Å². The molecular formula is C31H36N4O4S2. The number of aldehydes is 1. The summed E-state index contributed by atoms with van der Waals surface area (Å²) < 4.78 is 7.98. The highest BCUT2D eigenvalue weighted by Gasteiger charge is 2.45. The molecule has 3 aromatic heterocycles. The summed E-state index contributed by atoms with van der Waals surface area (Å²) in [5.74, 6) is -0.578. The zero-order chi connectivity index (χ0) is 28.6. The van der Waals surface area contributed by atoms with Gasteiger partial charge < -0.3 is 14.7 Å². The zero-order valence-electron chi connectivity index (χ0n) is 23.5. The van der Waals surface area contributed by atoms with Crippen molar-refractivity contribution in [2.24, 2.45) is 0 Å². The molecule has 2 aliphatic carbocycles. The number of carbonyl (C=O) groups excluding carboxylic acids is 2. The molecule has 1 atom stereocenters. The number of fused-ring (bicyclic) bond motifs is 3. The molecular weight excluding hydrogens is 556 g/mol. The van der Waals surface area contributed by atoms with Crippen molar-refractivity contribution in [1.82, 2.24) is 19.9 Å².